The topological polar surface area (TPSA) is 20.2 Å². The van der Waals surface area contributed by atoms with Crippen molar-refractivity contribution < 1.29 is 5.11 Å². The fourth-order valence-electron chi connectivity index (χ4n) is 0.328. The maximum Gasteiger partial charge on any atom is 0.0478 e. The van der Waals surface area contributed by atoms with Crippen molar-refractivity contribution in [3.63, 3.8) is 0 Å². The highest BCUT2D eigenvalue weighted by atomic mass is 32.2. The minimum Gasteiger partial charge on any atom is -0.396 e. The summed E-state index contributed by atoms with van der Waals surface area (Å²) in [6.07, 6.45) is 0. The van der Waals surface area contributed by atoms with Crippen LogP contribution in [0, 0.1) is 11.7 Å². The zero-order chi connectivity index (χ0) is 4.41. The maximum absolute atomic E-state index is 8.34. The lowest BCUT2D eigenvalue weighted by molar-refractivity contribution is 0.257. The molecule has 6 heavy (non-hydrogen) atoms. The molecule has 1 radical (unpaired) electrons. The molecule has 0 aliphatic carbocycles. The van der Waals surface area contributed by atoms with E-state index in [2.05, 4.69) is 5.75 Å². The van der Waals surface area contributed by atoms with Gasteiger partial charge in [0.1, 0.15) is 0 Å². The van der Waals surface area contributed by atoms with E-state index in [1.54, 1.807) is 11.8 Å². The van der Waals surface area contributed by atoms with E-state index in [9.17, 15) is 0 Å². The van der Waals surface area contributed by atoms with Crippen LogP contribution in [0.25, 0.3) is 0 Å². The molecule has 1 fully saturated rings. The predicted octanol–water partition coefficient (Wildman–Crippen LogP) is 0.503. The summed E-state index contributed by atoms with van der Waals surface area (Å²) in [6, 6.07) is 0. The number of hydrogen-bond acceptors (Lipinski definition) is 2. The van der Waals surface area contributed by atoms with Crippen LogP contribution in [0.15, 0.2) is 0 Å². The third kappa shape index (κ3) is 0.684. The highest BCUT2D eigenvalue weighted by molar-refractivity contribution is 8.02. The van der Waals surface area contributed by atoms with E-state index in [0.717, 1.165) is 5.75 Å². The van der Waals surface area contributed by atoms with E-state index in [4.69, 9.17) is 5.11 Å². The van der Waals surface area contributed by atoms with Gasteiger partial charge in [-0.2, -0.15) is 11.8 Å². The van der Waals surface area contributed by atoms with Crippen molar-refractivity contribution in [3.05, 3.63) is 5.75 Å². The molecule has 1 N–H and O–H groups in total. The first-order valence-electron chi connectivity index (χ1n) is 1.99. The van der Waals surface area contributed by atoms with Gasteiger partial charge in [0.25, 0.3) is 0 Å². The van der Waals surface area contributed by atoms with Crippen LogP contribution in [-0.2, 0) is 0 Å². The molecule has 1 unspecified atom stereocenters. The minimum atomic E-state index is 0.340. The molecule has 35 valence electrons. The predicted molar refractivity (Wildman–Crippen MR) is 27.3 cm³/mol. The molecular weight excluding hydrogens is 96.1 g/mol. The van der Waals surface area contributed by atoms with Crippen molar-refractivity contribution in [2.45, 2.75) is 0 Å². The van der Waals surface area contributed by atoms with Gasteiger partial charge in [0.15, 0.2) is 0 Å². The van der Waals surface area contributed by atoms with E-state index >= 15 is 0 Å². The van der Waals surface area contributed by atoms with Crippen LogP contribution in [0.1, 0.15) is 0 Å². The van der Waals surface area contributed by atoms with Crippen LogP contribution in [0.3, 0.4) is 0 Å². The van der Waals surface area contributed by atoms with Crippen LogP contribution in [0.5, 0.6) is 0 Å². The van der Waals surface area contributed by atoms with Gasteiger partial charge < -0.3 is 5.11 Å². The molecule has 0 aromatic rings. The number of rotatable bonds is 1. The Balaban J connectivity index is 2.01. The quantitative estimate of drug-likeness (QED) is 0.521. The number of aliphatic hydroxyl groups is 1. The third-order valence-corrected chi connectivity index (χ3v) is 2.03. The van der Waals surface area contributed by atoms with E-state index < -0.39 is 0 Å². The van der Waals surface area contributed by atoms with Crippen molar-refractivity contribution in [2.75, 3.05) is 12.4 Å². The molecule has 1 heterocycles. The van der Waals surface area contributed by atoms with Gasteiger partial charge in [-0.3, -0.25) is 0 Å². The average molecular weight is 103 g/mol. The number of hydrogen-bond donors (Lipinski definition) is 1. The molecule has 0 amide bonds. The molecule has 1 saturated heterocycles. The minimum absolute atomic E-state index is 0.340. The monoisotopic (exact) mass is 103 g/mol. The third-order valence-electron chi connectivity index (χ3n) is 0.833. The Kier molecular flexibility index (Phi) is 1.37. The lowest BCUT2D eigenvalue weighted by Crippen LogP contribution is -2.16. The molecule has 2 heteroatoms. The van der Waals surface area contributed by atoms with Gasteiger partial charge in [-0.25, -0.2) is 0 Å². The molecule has 1 nitrogen and oxygen atoms in total. The second-order valence-corrected chi connectivity index (χ2v) is 2.35. The summed E-state index contributed by atoms with van der Waals surface area (Å²) in [5, 5.41) is 8.34. The van der Waals surface area contributed by atoms with Crippen LogP contribution >= 0.6 is 11.8 Å². The number of aliphatic hydroxyl groups excluding tert-OH is 1. The normalized spacial score (nSPS) is 23.5. The summed E-state index contributed by atoms with van der Waals surface area (Å²) in [7, 11) is 0. The Morgan fingerprint density at radius 3 is 2.67 bits per heavy atom. The van der Waals surface area contributed by atoms with E-state index in [1.165, 1.54) is 0 Å². The number of thioether (sulfide) groups is 1. The van der Waals surface area contributed by atoms with Crippen molar-refractivity contribution >= 4 is 11.8 Å². The van der Waals surface area contributed by atoms with Crippen LogP contribution in [0.4, 0.5) is 0 Å². The molecule has 0 spiro atoms. The standard InChI is InChI=1S/C4H7OS/c5-1-4-2-6-3-4/h2,4-5H,1,3H2. The smallest absolute Gasteiger partial charge is 0.0478 e. The van der Waals surface area contributed by atoms with Gasteiger partial charge in [0.2, 0.25) is 0 Å². The molecule has 0 aromatic carbocycles. The van der Waals surface area contributed by atoms with Gasteiger partial charge in [-0.15, -0.1) is 0 Å². The fourth-order valence-corrected chi connectivity index (χ4v) is 0.984. The first kappa shape index (κ1) is 4.47. The molecule has 1 aliphatic rings. The van der Waals surface area contributed by atoms with Gasteiger partial charge >= 0.3 is 0 Å². The largest absolute Gasteiger partial charge is 0.396 e. The lowest BCUT2D eigenvalue weighted by atomic mass is 10.2. The van der Waals surface area contributed by atoms with Gasteiger partial charge in [-0.05, 0) is 5.75 Å². The van der Waals surface area contributed by atoms with Crippen molar-refractivity contribution in [3.8, 4) is 0 Å². The summed E-state index contributed by atoms with van der Waals surface area (Å²) in [5.41, 5.74) is 0. The first-order chi connectivity index (χ1) is 2.93. The molecule has 1 atom stereocenters. The second-order valence-electron chi connectivity index (χ2n) is 1.41. The molecule has 0 bridgehead atoms. The molecule has 1 rings (SSSR count). The maximum atomic E-state index is 8.34. The van der Waals surface area contributed by atoms with Gasteiger partial charge in [0.05, 0.1) is 0 Å². The zero-order valence-corrected chi connectivity index (χ0v) is 4.24. The average Bonchev–Trinajstić information content (AvgIpc) is 1.31. The Bertz CT molecular complexity index is 40.1. The van der Waals surface area contributed by atoms with Gasteiger partial charge in [-0.1, -0.05) is 0 Å². The van der Waals surface area contributed by atoms with E-state index in [0.29, 0.717) is 12.5 Å². The molecule has 0 saturated carbocycles. The van der Waals surface area contributed by atoms with Crippen molar-refractivity contribution in [1.29, 1.82) is 0 Å². The highest BCUT2D eigenvalue weighted by Crippen LogP contribution is 2.28. The van der Waals surface area contributed by atoms with E-state index in [-0.39, 0.29) is 0 Å². The zero-order valence-electron chi connectivity index (χ0n) is 3.42. The molecule has 1 aliphatic heterocycles. The fraction of sp³-hybridized carbons (Fsp3) is 0.750. The summed E-state index contributed by atoms with van der Waals surface area (Å²) >= 11 is 1.78. The summed E-state index contributed by atoms with van der Waals surface area (Å²) in [6.45, 7) is 0.340. The Morgan fingerprint density at radius 2 is 2.67 bits per heavy atom. The summed E-state index contributed by atoms with van der Waals surface area (Å²) < 4.78 is 0. The Labute approximate surface area is 41.7 Å². The summed E-state index contributed by atoms with van der Waals surface area (Å²) in [5.74, 6) is 3.70. The first-order valence-corrected chi connectivity index (χ1v) is 3.04. The molecule has 0 aromatic heterocycles. The van der Waals surface area contributed by atoms with Gasteiger partial charge in [0, 0.05) is 18.3 Å². The highest BCUT2D eigenvalue weighted by Gasteiger charge is 2.16. The second kappa shape index (κ2) is 1.85. The molecular formula is C4H7OS. The van der Waals surface area contributed by atoms with E-state index in [1.807, 2.05) is 0 Å². The van der Waals surface area contributed by atoms with Crippen LogP contribution in [-0.4, -0.2) is 17.5 Å². The van der Waals surface area contributed by atoms with Crippen molar-refractivity contribution in [1.82, 2.24) is 0 Å². The van der Waals surface area contributed by atoms with Crippen LogP contribution in [0.2, 0.25) is 0 Å². The Hall–Kier alpha value is 0.310. The van der Waals surface area contributed by atoms with Crippen molar-refractivity contribution in [2.24, 2.45) is 5.92 Å². The lowest BCUT2D eigenvalue weighted by Gasteiger charge is -2.20. The van der Waals surface area contributed by atoms with Crippen LogP contribution < -0.4 is 0 Å². The Morgan fingerprint density at radius 1 is 2.00 bits per heavy atom. The SMILES string of the molecule is OCC1[CH]SC1. The summed E-state index contributed by atoms with van der Waals surface area (Å²) in [4.78, 5) is 0.